The molecule has 32 heavy (non-hydrogen) atoms. The van der Waals surface area contributed by atoms with Gasteiger partial charge >= 0.3 is 0 Å². The molecule has 0 amide bonds. The first-order chi connectivity index (χ1) is 14.9. The Hall–Kier alpha value is -1.63. The second-order valence-electron chi connectivity index (χ2n) is 9.88. The van der Waals surface area contributed by atoms with E-state index in [1.54, 1.807) is 32.9 Å². The lowest BCUT2D eigenvalue weighted by atomic mass is 10.0. The Bertz CT molecular complexity index is 972. The number of likely N-dealkylation sites (N-methyl/N-ethyl adjacent to an activating group) is 1. The standard InChI is InChI=1S/C24H36N2O5S/c1-17-13-26(18(2)16-27)32(29,30)23-9-8-19(10-11-24(3,4)28)12-21(23)31-22(17)15-25(5)14-20-6-7-20/h8-9,12,17-18,20,22,27-28H,6-7,13-16H2,1-5H3/t17-,18+,22+/m0/s1. The van der Waals surface area contributed by atoms with E-state index < -0.39 is 21.7 Å². The molecule has 0 spiro atoms. The van der Waals surface area contributed by atoms with Crippen LogP contribution in [0.5, 0.6) is 5.75 Å². The molecule has 0 bridgehead atoms. The summed E-state index contributed by atoms with van der Waals surface area (Å²) in [5, 5.41) is 19.7. The van der Waals surface area contributed by atoms with E-state index in [0.29, 0.717) is 12.1 Å². The van der Waals surface area contributed by atoms with Crippen LogP contribution in [0.25, 0.3) is 0 Å². The van der Waals surface area contributed by atoms with Gasteiger partial charge in [0.2, 0.25) is 10.0 Å². The highest BCUT2D eigenvalue weighted by molar-refractivity contribution is 7.89. The van der Waals surface area contributed by atoms with Gasteiger partial charge in [-0.2, -0.15) is 4.31 Å². The Labute approximate surface area is 192 Å². The summed E-state index contributed by atoms with van der Waals surface area (Å²) < 4.78 is 34.7. The van der Waals surface area contributed by atoms with Crippen molar-refractivity contribution in [1.82, 2.24) is 9.21 Å². The molecule has 1 aliphatic heterocycles. The highest BCUT2D eigenvalue weighted by Crippen LogP contribution is 2.35. The number of hydrogen-bond acceptors (Lipinski definition) is 6. The number of hydrogen-bond donors (Lipinski definition) is 2. The van der Waals surface area contributed by atoms with Gasteiger partial charge < -0.3 is 19.8 Å². The fourth-order valence-corrected chi connectivity index (χ4v) is 5.70. The molecule has 178 valence electrons. The number of aliphatic hydroxyl groups is 2. The molecular formula is C24H36N2O5S. The number of rotatable bonds is 6. The SMILES string of the molecule is C[C@H](CO)N1C[C@H](C)[C@@H](CN(C)CC2CC2)Oc2cc(C#CC(C)(C)O)ccc2S1(=O)=O. The van der Waals surface area contributed by atoms with Crippen molar-refractivity contribution in [2.45, 2.75) is 63.2 Å². The van der Waals surface area contributed by atoms with Crippen molar-refractivity contribution in [3.05, 3.63) is 23.8 Å². The molecule has 7 nitrogen and oxygen atoms in total. The van der Waals surface area contributed by atoms with Crippen LogP contribution in [0.1, 0.15) is 46.1 Å². The quantitative estimate of drug-likeness (QED) is 0.625. The molecule has 3 rings (SSSR count). The van der Waals surface area contributed by atoms with Gasteiger partial charge in [0, 0.05) is 37.2 Å². The summed E-state index contributed by atoms with van der Waals surface area (Å²) in [6, 6.07) is 4.23. The van der Waals surface area contributed by atoms with Gasteiger partial charge in [-0.15, -0.1) is 0 Å². The molecule has 8 heteroatoms. The summed E-state index contributed by atoms with van der Waals surface area (Å²) in [5.74, 6) is 6.59. The topological polar surface area (TPSA) is 90.3 Å². The van der Waals surface area contributed by atoms with Gasteiger partial charge in [-0.3, -0.25) is 0 Å². The summed E-state index contributed by atoms with van der Waals surface area (Å²) in [4.78, 5) is 2.33. The molecule has 2 aliphatic rings. The predicted octanol–water partition coefficient (Wildman–Crippen LogP) is 1.92. The summed E-state index contributed by atoms with van der Waals surface area (Å²) >= 11 is 0. The molecule has 0 saturated heterocycles. The molecule has 2 N–H and O–H groups in total. The molecule has 1 heterocycles. The number of ether oxygens (including phenoxy) is 1. The average Bonchev–Trinajstić information content (AvgIpc) is 3.51. The number of benzene rings is 1. The van der Waals surface area contributed by atoms with Crippen molar-refractivity contribution in [3.63, 3.8) is 0 Å². The average molecular weight is 465 g/mol. The number of nitrogens with zero attached hydrogens (tertiary/aromatic N) is 2. The third-order valence-electron chi connectivity index (χ3n) is 5.94. The van der Waals surface area contributed by atoms with Crippen molar-refractivity contribution in [2.75, 3.05) is 33.3 Å². The van der Waals surface area contributed by atoms with Crippen molar-refractivity contribution in [3.8, 4) is 17.6 Å². The molecule has 1 aromatic carbocycles. The first-order valence-electron chi connectivity index (χ1n) is 11.3. The molecule has 0 unspecified atom stereocenters. The lowest BCUT2D eigenvalue weighted by molar-refractivity contribution is 0.0740. The Morgan fingerprint density at radius 2 is 2.00 bits per heavy atom. The van der Waals surface area contributed by atoms with Gasteiger partial charge in [0.05, 0.1) is 6.61 Å². The van der Waals surface area contributed by atoms with E-state index in [9.17, 15) is 18.6 Å². The van der Waals surface area contributed by atoms with Crippen molar-refractivity contribution in [1.29, 1.82) is 0 Å². The number of aliphatic hydroxyl groups excluding tert-OH is 1. The van der Waals surface area contributed by atoms with Gasteiger partial charge in [0.25, 0.3) is 0 Å². The van der Waals surface area contributed by atoms with Crippen LogP contribution in [0.3, 0.4) is 0 Å². The molecule has 0 aromatic heterocycles. The lowest BCUT2D eigenvalue weighted by Crippen LogP contribution is -2.49. The summed E-state index contributed by atoms with van der Waals surface area (Å²) in [6.45, 7) is 8.58. The molecule has 1 aromatic rings. The number of sulfonamides is 1. The molecular weight excluding hydrogens is 428 g/mol. The molecule has 1 aliphatic carbocycles. The van der Waals surface area contributed by atoms with Gasteiger partial charge in [-0.25, -0.2) is 8.42 Å². The fraction of sp³-hybridized carbons (Fsp3) is 0.667. The van der Waals surface area contributed by atoms with E-state index in [2.05, 4.69) is 23.8 Å². The Morgan fingerprint density at radius 1 is 1.31 bits per heavy atom. The smallest absolute Gasteiger partial charge is 0.247 e. The van der Waals surface area contributed by atoms with Gasteiger partial charge in [-0.05, 0) is 64.8 Å². The number of fused-ring (bicyclic) bond motifs is 1. The summed E-state index contributed by atoms with van der Waals surface area (Å²) in [6.07, 6.45) is 2.30. The fourth-order valence-electron chi connectivity index (χ4n) is 3.87. The van der Waals surface area contributed by atoms with Crippen LogP contribution in [0.2, 0.25) is 0 Å². The Balaban J connectivity index is 2.02. The van der Waals surface area contributed by atoms with Crippen LogP contribution in [-0.4, -0.2) is 78.9 Å². The second kappa shape index (κ2) is 9.70. The first kappa shape index (κ1) is 25.0. The predicted molar refractivity (Wildman–Crippen MR) is 124 cm³/mol. The zero-order valence-electron chi connectivity index (χ0n) is 19.7. The van der Waals surface area contributed by atoms with Crippen LogP contribution < -0.4 is 4.74 Å². The van der Waals surface area contributed by atoms with E-state index in [1.807, 2.05) is 6.92 Å². The largest absolute Gasteiger partial charge is 0.487 e. The zero-order valence-corrected chi connectivity index (χ0v) is 20.5. The summed E-state index contributed by atoms with van der Waals surface area (Å²) in [5.41, 5.74) is -0.589. The van der Waals surface area contributed by atoms with Gasteiger partial charge in [0.1, 0.15) is 22.4 Å². The monoisotopic (exact) mass is 464 g/mol. The molecule has 1 saturated carbocycles. The highest BCUT2D eigenvalue weighted by atomic mass is 32.2. The maximum atomic E-state index is 13.5. The van der Waals surface area contributed by atoms with E-state index >= 15 is 0 Å². The van der Waals surface area contributed by atoms with E-state index in [0.717, 1.165) is 12.5 Å². The van der Waals surface area contributed by atoms with Crippen molar-refractivity contribution in [2.24, 2.45) is 11.8 Å². The third kappa shape index (κ3) is 6.24. The molecule has 3 atom stereocenters. The normalized spacial score (nSPS) is 24.5. The van der Waals surface area contributed by atoms with Crippen LogP contribution in [0, 0.1) is 23.7 Å². The first-order valence-corrected chi connectivity index (χ1v) is 12.7. The Morgan fingerprint density at radius 3 is 2.59 bits per heavy atom. The van der Waals surface area contributed by atoms with E-state index in [1.165, 1.54) is 23.2 Å². The van der Waals surface area contributed by atoms with Crippen molar-refractivity contribution >= 4 is 10.0 Å². The molecule has 0 radical (unpaired) electrons. The van der Waals surface area contributed by atoms with Crippen LogP contribution in [0.15, 0.2) is 23.1 Å². The van der Waals surface area contributed by atoms with Gasteiger partial charge in [-0.1, -0.05) is 18.8 Å². The third-order valence-corrected chi connectivity index (χ3v) is 7.96. The van der Waals surface area contributed by atoms with E-state index in [-0.39, 0.29) is 35.8 Å². The zero-order chi connectivity index (χ0) is 23.7. The van der Waals surface area contributed by atoms with Crippen LogP contribution >= 0.6 is 0 Å². The maximum absolute atomic E-state index is 13.5. The van der Waals surface area contributed by atoms with Crippen LogP contribution in [-0.2, 0) is 10.0 Å². The maximum Gasteiger partial charge on any atom is 0.247 e. The summed E-state index contributed by atoms with van der Waals surface area (Å²) in [7, 11) is -1.80. The minimum atomic E-state index is -3.87. The van der Waals surface area contributed by atoms with E-state index in [4.69, 9.17) is 4.74 Å². The Kier molecular flexibility index (Phi) is 7.58. The lowest BCUT2D eigenvalue weighted by Gasteiger charge is -2.37. The second-order valence-corrected chi connectivity index (χ2v) is 11.7. The highest BCUT2D eigenvalue weighted by Gasteiger charge is 2.38. The minimum absolute atomic E-state index is 0.0772. The van der Waals surface area contributed by atoms with Crippen LogP contribution in [0.4, 0.5) is 0 Å². The van der Waals surface area contributed by atoms with Crippen molar-refractivity contribution < 1.29 is 23.4 Å². The molecule has 1 fully saturated rings. The van der Waals surface area contributed by atoms with Gasteiger partial charge in [0.15, 0.2) is 0 Å². The minimum Gasteiger partial charge on any atom is -0.487 e.